The SMILES string of the molecule is CC(C)(C)OC(=O)N1Cc2c(N3CC(c4ccccc4)CC3=O)cnn2CC1C1CC1. The zero-order valence-corrected chi connectivity index (χ0v) is 18.5. The molecule has 2 unspecified atom stereocenters. The molecule has 0 radical (unpaired) electrons. The zero-order chi connectivity index (χ0) is 21.8. The van der Waals surface area contributed by atoms with E-state index in [1.165, 1.54) is 5.56 Å². The van der Waals surface area contributed by atoms with Crippen molar-refractivity contribution in [2.45, 2.75) is 70.7 Å². The Labute approximate surface area is 183 Å². The van der Waals surface area contributed by atoms with Gasteiger partial charge in [0.2, 0.25) is 5.91 Å². The van der Waals surface area contributed by atoms with Gasteiger partial charge < -0.3 is 9.64 Å². The topological polar surface area (TPSA) is 67.7 Å². The molecule has 5 rings (SSSR count). The standard InChI is InChI=1S/C24H30N4O3/c1-24(2,3)31-23(30)27-14-21-19(12-25-28(21)15-20(27)17-9-10-17)26-13-18(11-22(26)29)16-7-5-4-6-8-16/h4-8,12,17-18,20H,9-11,13-15H2,1-3H3. The van der Waals surface area contributed by atoms with Crippen LogP contribution in [0.2, 0.25) is 0 Å². The van der Waals surface area contributed by atoms with Crippen LogP contribution in [0.3, 0.4) is 0 Å². The van der Waals surface area contributed by atoms with E-state index in [2.05, 4.69) is 17.2 Å². The Morgan fingerprint density at radius 1 is 1.13 bits per heavy atom. The first-order valence-corrected chi connectivity index (χ1v) is 11.2. The maximum atomic E-state index is 13.0. The predicted octanol–water partition coefficient (Wildman–Crippen LogP) is 3.93. The summed E-state index contributed by atoms with van der Waals surface area (Å²) in [6, 6.07) is 10.3. The van der Waals surface area contributed by atoms with E-state index < -0.39 is 5.60 Å². The first kappa shape index (κ1) is 20.1. The molecular formula is C24H30N4O3. The number of nitrogens with zero attached hydrogens (tertiary/aromatic N) is 4. The summed E-state index contributed by atoms with van der Waals surface area (Å²) in [6.07, 6.45) is 4.28. The molecule has 2 fully saturated rings. The van der Waals surface area contributed by atoms with Crippen molar-refractivity contribution in [2.75, 3.05) is 11.4 Å². The summed E-state index contributed by atoms with van der Waals surface area (Å²) >= 11 is 0. The largest absolute Gasteiger partial charge is 0.444 e. The van der Waals surface area contributed by atoms with Crippen LogP contribution in [0.25, 0.3) is 0 Å². The second kappa shape index (κ2) is 7.39. The molecule has 0 spiro atoms. The van der Waals surface area contributed by atoms with Crippen molar-refractivity contribution >= 4 is 17.7 Å². The lowest BCUT2D eigenvalue weighted by Crippen LogP contribution is -2.49. The van der Waals surface area contributed by atoms with Crippen molar-refractivity contribution in [3.05, 3.63) is 47.8 Å². The highest BCUT2D eigenvalue weighted by molar-refractivity contribution is 5.97. The average molecular weight is 423 g/mol. The van der Waals surface area contributed by atoms with Gasteiger partial charge in [0, 0.05) is 18.9 Å². The second-order valence-corrected chi connectivity index (χ2v) is 9.99. The summed E-state index contributed by atoms with van der Waals surface area (Å²) in [5.41, 5.74) is 2.39. The number of carbonyl (C=O) groups is 2. The third kappa shape index (κ3) is 3.93. The monoisotopic (exact) mass is 422 g/mol. The highest BCUT2D eigenvalue weighted by Crippen LogP contribution is 2.41. The van der Waals surface area contributed by atoms with Gasteiger partial charge in [-0.25, -0.2) is 4.79 Å². The lowest BCUT2D eigenvalue weighted by Gasteiger charge is -2.38. The minimum Gasteiger partial charge on any atom is -0.444 e. The van der Waals surface area contributed by atoms with Crippen LogP contribution in [0.15, 0.2) is 36.5 Å². The maximum Gasteiger partial charge on any atom is 0.410 e. The summed E-state index contributed by atoms with van der Waals surface area (Å²) in [7, 11) is 0. The fourth-order valence-corrected chi connectivity index (χ4v) is 4.79. The molecule has 2 amide bonds. The summed E-state index contributed by atoms with van der Waals surface area (Å²) in [6.45, 7) is 7.39. The molecule has 2 aliphatic heterocycles. The molecule has 0 N–H and O–H groups in total. The van der Waals surface area contributed by atoms with Crippen molar-refractivity contribution in [1.82, 2.24) is 14.7 Å². The minimum absolute atomic E-state index is 0.0986. The molecule has 3 aliphatic rings. The molecule has 2 aromatic rings. The van der Waals surface area contributed by atoms with Crippen LogP contribution in [-0.2, 0) is 22.6 Å². The lowest BCUT2D eigenvalue weighted by atomic mass is 9.98. The van der Waals surface area contributed by atoms with Gasteiger partial charge in [0.25, 0.3) is 0 Å². The van der Waals surface area contributed by atoms with Crippen molar-refractivity contribution in [3.8, 4) is 0 Å². The van der Waals surface area contributed by atoms with Crippen molar-refractivity contribution < 1.29 is 14.3 Å². The minimum atomic E-state index is -0.542. The van der Waals surface area contributed by atoms with Gasteiger partial charge in [-0.15, -0.1) is 0 Å². The van der Waals surface area contributed by atoms with Crippen LogP contribution in [-0.4, -0.2) is 44.9 Å². The number of anilines is 1. The quantitative estimate of drug-likeness (QED) is 0.752. The van der Waals surface area contributed by atoms with E-state index in [-0.39, 0.29) is 24.0 Å². The fourth-order valence-electron chi connectivity index (χ4n) is 4.79. The van der Waals surface area contributed by atoms with Gasteiger partial charge in [-0.3, -0.25) is 14.4 Å². The Balaban J connectivity index is 1.41. The molecule has 7 nitrogen and oxygen atoms in total. The molecule has 31 heavy (non-hydrogen) atoms. The smallest absolute Gasteiger partial charge is 0.410 e. The Hall–Kier alpha value is -2.83. The van der Waals surface area contributed by atoms with E-state index >= 15 is 0 Å². The van der Waals surface area contributed by atoms with E-state index in [1.54, 1.807) is 6.20 Å². The van der Waals surface area contributed by atoms with E-state index in [0.717, 1.165) is 24.2 Å². The maximum absolute atomic E-state index is 13.0. The van der Waals surface area contributed by atoms with Crippen LogP contribution >= 0.6 is 0 Å². The van der Waals surface area contributed by atoms with Gasteiger partial charge in [-0.1, -0.05) is 30.3 Å². The molecule has 1 aliphatic carbocycles. The number of benzene rings is 1. The van der Waals surface area contributed by atoms with E-state index in [9.17, 15) is 9.59 Å². The molecule has 3 heterocycles. The van der Waals surface area contributed by atoms with Crippen LogP contribution in [0, 0.1) is 5.92 Å². The lowest BCUT2D eigenvalue weighted by molar-refractivity contribution is -0.117. The third-order valence-corrected chi connectivity index (χ3v) is 6.49. The summed E-state index contributed by atoms with van der Waals surface area (Å²) in [5.74, 6) is 0.788. The number of ether oxygens (including phenoxy) is 1. The molecular weight excluding hydrogens is 392 g/mol. The number of aromatic nitrogens is 2. The first-order valence-electron chi connectivity index (χ1n) is 11.2. The van der Waals surface area contributed by atoms with Gasteiger partial charge >= 0.3 is 6.09 Å². The van der Waals surface area contributed by atoms with Gasteiger partial charge in [-0.2, -0.15) is 5.10 Å². The van der Waals surface area contributed by atoms with Crippen molar-refractivity contribution in [1.29, 1.82) is 0 Å². The molecule has 1 aromatic carbocycles. The number of carbonyl (C=O) groups excluding carboxylic acids is 2. The molecule has 2 atom stereocenters. The van der Waals surface area contributed by atoms with Gasteiger partial charge in [0.1, 0.15) is 5.60 Å². The Kier molecular flexibility index (Phi) is 4.79. The van der Waals surface area contributed by atoms with Crippen molar-refractivity contribution in [3.63, 3.8) is 0 Å². The van der Waals surface area contributed by atoms with E-state index in [0.29, 0.717) is 32.0 Å². The van der Waals surface area contributed by atoms with Crippen LogP contribution in [0.5, 0.6) is 0 Å². The first-order chi connectivity index (χ1) is 14.8. The highest BCUT2D eigenvalue weighted by Gasteiger charge is 2.44. The molecule has 1 saturated heterocycles. The molecule has 7 heteroatoms. The predicted molar refractivity (Wildman–Crippen MR) is 117 cm³/mol. The molecule has 0 bridgehead atoms. The van der Waals surface area contributed by atoms with Crippen LogP contribution in [0.4, 0.5) is 10.5 Å². The zero-order valence-electron chi connectivity index (χ0n) is 18.5. The van der Waals surface area contributed by atoms with Crippen LogP contribution in [0.1, 0.15) is 57.2 Å². The van der Waals surface area contributed by atoms with Crippen LogP contribution < -0.4 is 4.90 Å². The average Bonchev–Trinajstić information content (AvgIpc) is 3.39. The number of fused-ring (bicyclic) bond motifs is 1. The van der Waals surface area contributed by atoms with Gasteiger partial charge in [0.05, 0.1) is 36.7 Å². The second-order valence-electron chi connectivity index (χ2n) is 9.99. The third-order valence-electron chi connectivity index (χ3n) is 6.49. The van der Waals surface area contributed by atoms with Gasteiger partial charge in [0.15, 0.2) is 0 Å². The number of rotatable bonds is 3. The van der Waals surface area contributed by atoms with Gasteiger partial charge in [-0.05, 0) is 45.1 Å². The van der Waals surface area contributed by atoms with E-state index in [4.69, 9.17) is 4.74 Å². The summed E-state index contributed by atoms with van der Waals surface area (Å²) in [5, 5.41) is 4.61. The fraction of sp³-hybridized carbons (Fsp3) is 0.542. The Morgan fingerprint density at radius 3 is 2.55 bits per heavy atom. The Morgan fingerprint density at radius 2 is 1.87 bits per heavy atom. The molecule has 1 saturated carbocycles. The summed E-state index contributed by atoms with van der Waals surface area (Å²) in [4.78, 5) is 29.6. The highest BCUT2D eigenvalue weighted by atomic mass is 16.6. The Bertz CT molecular complexity index is 990. The normalized spacial score (nSPS) is 23.8. The van der Waals surface area contributed by atoms with E-state index in [1.807, 2.05) is 53.5 Å². The number of hydrogen-bond donors (Lipinski definition) is 0. The van der Waals surface area contributed by atoms with Crippen molar-refractivity contribution in [2.24, 2.45) is 5.92 Å². The number of hydrogen-bond acceptors (Lipinski definition) is 4. The number of amides is 2. The summed E-state index contributed by atoms with van der Waals surface area (Å²) < 4.78 is 7.70. The molecule has 164 valence electrons. The molecule has 1 aromatic heterocycles.